The maximum atomic E-state index is 13.4. The maximum absolute atomic E-state index is 13.4. The van der Waals surface area contributed by atoms with Gasteiger partial charge in [-0.15, -0.1) is 0 Å². The second kappa shape index (κ2) is 4.73. The summed E-state index contributed by atoms with van der Waals surface area (Å²) in [6, 6.07) is 6.62. The Morgan fingerprint density at radius 3 is 2.93 bits per heavy atom. The van der Waals surface area contributed by atoms with Crippen molar-refractivity contribution < 1.29 is 4.39 Å². The molecule has 82 valence electrons. The second-order valence-electron chi connectivity index (χ2n) is 4.22. The van der Waals surface area contributed by atoms with E-state index >= 15 is 0 Å². The molecule has 0 saturated carbocycles. The average Bonchev–Trinajstić information content (AvgIpc) is 2.71. The van der Waals surface area contributed by atoms with E-state index in [4.69, 9.17) is 5.73 Å². The summed E-state index contributed by atoms with van der Waals surface area (Å²) in [5.74, 6) is 0.413. The molecular formula is C12H17FN2. The Hall–Kier alpha value is -0.930. The van der Waals surface area contributed by atoms with E-state index in [2.05, 4.69) is 5.32 Å². The zero-order valence-corrected chi connectivity index (χ0v) is 8.75. The van der Waals surface area contributed by atoms with E-state index < -0.39 is 0 Å². The van der Waals surface area contributed by atoms with Crippen LogP contribution in [0.15, 0.2) is 24.3 Å². The molecule has 1 aromatic carbocycles. The lowest BCUT2D eigenvalue weighted by Crippen LogP contribution is -2.18. The standard InChI is InChI=1S/C12H17FN2/c13-11-4-2-1-3-10(11)12(14)7-9-5-6-15-8-9/h1-4,9,12,15H,5-8,14H2. The molecule has 1 aliphatic heterocycles. The van der Waals surface area contributed by atoms with E-state index in [1.54, 1.807) is 12.1 Å². The minimum atomic E-state index is -0.184. The van der Waals surface area contributed by atoms with Gasteiger partial charge in [0.1, 0.15) is 5.82 Å². The number of nitrogens with two attached hydrogens (primary N) is 1. The van der Waals surface area contributed by atoms with Gasteiger partial charge in [-0.1, -0.05) is 18.2 Å². The Morgan fingerprint density at radius 1 is 1.47 bits per heavy atom. The van der Waals surface area contributed by atoms with Crippen molar-refractivity contribution in [3.63, 3.8) is 0 Å². The summed E-state index contributed by atoms with van der Waals surface area (Å²) in [4.78, 5) is 0. The smallest absolute Gasteiger partial charge is 0.127 e. The van der Waals surface area contributed by atoms with Crippen LogP contribution in [0.4, 0.5) is 4.39 Å². The molecule has 0 aliphatic carbocycles. The van der Waals surface area contributed by atoms with Gasteiger partial charge in [-0.25, -0.2) is 4.39 Å². The van der Waals surface area contributed by atoms with Crippen molar-refractivity contribution in [1.29, 1.82) is 0 Å². The molecule has 1 saturated heterocycles. The Morgan fingerprint density at radius 2 is 2.27 bits per heavy atom. The van der Waals surface area contributed by atoms with Crippen molar-refractivity contribution in [2.75, 3.05) is 13.1 Å². The number of hydrogen-bond acceptors (Lipinski definition) is 2. The molecular weight excluding hydrogens is 191 g/mol. The molecule has 0 spiro atoms. The summed E-state index contributed by atoms with van der Waals surface area (Å²) in [5, 5.41) is 3.29. The van der Waals surface area contributed by atoms with Gasteiger partial charge in [-0.05, 0) is 37.9 Å². The highest BCUT2D eigenvalue weighted by Crippen LogP contribution is 2.24. The van der Waals surface area contributed by atoms with Gasteiger partial charge in [0.25, 0.3) is 0 Å². The topological polar surface area (TPSA) is 38.0 Å². The molecule has 0 bridgehead atoms. The van der Waals surface area contributed by atoms with Gasteiger partial charge < -0.3 is 11.1 Å². The Kier molecular flexibility index (Phi) is 3.34. The highest BCUT2D eigenvalue weighted by Gasteiger charge is 2.19. The summed E-state index contributed by atoms with van der Waals surface area (Å²) in [6.45, 7) is 2.08. The summed E-state index contributed by atoms with van der Waals surface area (Å²) < 4.78 is 13.4. The van der Waals surface area contributed by atoms with Crippen molar-refractivity contribution in [1.82, 2.24) is 5.32 Å². The summed E-state index contributed by atoms with van der Waals surface area (Å²) >= 11 is 0. The van der Waals surface area contributed by atoms with Gasteiger partial charge in [0.15, 0.2) is 0 Å². The van der Waals surface area contributed by atoms with Crippen LogP contribution in [0.25, 0.3) is 0 Å². The third-order valence-corrected chi connectivity index (χ3v) is 3.05. The minimum absolute atomic E-state index is 0.170. The van der Waals surface area contributed by atoms with Gasteiger partial charge in [0.05, 0.1) is 0 Å². The predicted molar refractivity (Wildman–Crippen MR) is 58.9 cm³/mol. The molecule has 0 radical (unpaired) electrons. The Balaban J connectivity index is 2.00. The quantitative estimate of drug-likeness (QED) is 0.795. The zero-order chi connectivity index (χ0) is 10.7. The number of benzene rings is 1. The Labute approximate surface area is 89.7 Å². The number of hydrogen-bond donors (Lipinski definition) is 2. The van der Waals surface area contributed by atoms with Crippen LogP contribution in [-0.4, -0.2) is 13.1 Å². The van der Waals surface area contributed by atoms with Crippen LogP contribution in [-0.2, 0) is 0 Å². The van der Waals surface area contributed by atoms with E-state index in [-0.39, 0.29) is 11.9 Å². The SMILES string of the molecule is NC(CC1CCNC1)c1ccccc1F. The largest absolute Gasteiger partial charge is 0.324 e. The maximum Gasteiger partial charge on any atom is 0.127 e. The van der Waals surface area contributed by atoms with Crippen molar-refractivity contribution in [3.05, 3.63) is 35.6 Å². The summed E-state index contributed by atoms with van der Waals surface area (Å²) in [6.07, 6.45) is 2.02. The molecule has 3 N–H and O–H groups in total. The van der Waals surface area contributed by atoms with Gasteiger partial charge in [-0.3, -0.25) is 0 Å². The van der Waals surface area contributed by atoms with Crippen LogP contribution in [0.5, 0.6) is 0 Å². The fraction of sp³-hybridized carbons (Fsp3) is 0.500. The van der Waals surface area contributed by atoms with E-state index in [9.17, 15) is 4.39 Å². The highest BCUT2D eigenvalue weighted by atomic mass is 19.1. The third kappa shape index (κ3) is 2.55. The first-order valence-electron chi connectivity index (χ1n) is 5.48. The van der Waals surface area contributed by atoms with Crippen molar-refractivity contribution in [2.45, 2.75) is 18.9 Å². The molecule has 1 fully saturated rings. The summed E-state index contributed by atoms with van der Waals surface area (Å²) in [7, 11) is 0. The molecule has 1 aliphatic rings. The van der Waals surface area contributed by atoms with Crippen LogP contribution in [0.3, 0.4) is 0 Å². The van der Waals surface area contributed by atoms with Crippen LogP contribution >= 0.6 is 0 Å². The van der Waals surface area contributed by atoms with Crippen molar-refractivity contribution in [2.24, 2.45) is 11.7 Å². The number of halogens is 1. The monoisotopic (exact) mass is 208 g/mol. The van der Waals surface area contributed by atoms with Crippen LogP contribution in [0, 0.1) is 11.7 Å². The molecule has 0 aromatic heterocycles. The van der Waals surface area contributed by atoms with Crippen LogP contribution < -0.4 is 11.1 Å². The highest BCUT2D eigenvalue weighted by molar-refractivity contribution is 5.20. The molecule has 0 amide bonds. The second-order valence-corrected chi connectivity index (χ2v) is 4.22. The van der Waals surface area contributed by atoms with Crippen molar-refractivity contribution >= 4 is 0 Å². The molecule has 3 heteroatoms. The summed E-state index contributed by atoms with van der Waals surface area (Å²) in [5.41, 5.74) is 6.65. The fourth-order valence-electron chi connectivity index (χ4n) is 2.18. The predicted octanol–water partition coefficient (Wildman–Crippen LogP) is 1.83. The van der Waals surface area contributed by atoms with E-state index in [0.29, 0.717) is 11.5 Å². The van der Waals surface area contributed by atoms with Gasteiger partial charge in [0, 0.05) is 11.6 Å². The van der Waals surface area contributed by atoms with Crippen molar-refractivity contribution in [3.8, 4) is 0 Å². The lowest BCUT2D eigenvalue weighted by atomic mass is 9.94. The first kappa shape index (κ1) is 10.6. The Bertz CT molecular complexity index is 321. The lowest BCUT2D eigenvalue weighted by molar-refractivity contribution is 0.459. The molecule has 2 rings (SSSR count). The zero-order valence-electron chi connectivity index (χ0n) is 8.75. The number of nitrogens with one attached hydrogen (secondary N) is 1. The van der Waals surface area contributed by atoms with E-state index in [1.165, 1.54) is 6.07 Å². The third-order valence-electron chi connectivity index (χ3n) is 3.05. The van der Waals surface area contributed by atoms with E-state index in [1.807, 2.05) is 6.07 Å². The molecule has 15 heavy (non-hydrogen) atoms. The molecule has 2 nitrogen and oxygen atoms in total. The first-order chi connectivity index (χ1) is 7.27. The minimum Gasteiger partial charge on any atom is -0.324 e. The number of rotatable bonds is 3. The van der Waals surface area contributed by atoms with E-state index in [0.717, 1.165) is 25.9 Å². The first-order valence-corrected chi connectivity index (χ1v) is 5.48. The normalized spacial score (nSPS) is 22.9. The molecule has 1 aromatic rings. The molecule has 1 heterocycles. The molecule has 2 unspecified atom stereocenters. The van der Waals surface area contributed by atoms with Gasteiger partial charge in [-0.2, -0.15) is 0 Å². The fourth-order valence-corrected chi connectivity index (χ4v) is 2.18. The molecule has 2 atom stereocenters. The lowest BCUT2D eigenvalue weighted by Gasteiger charge is -2.16. The van der Waals surface area contributed by atoms with Gasteiger partial charge >= 0.3 is 0 Å². The van der Waals surface area contributed by atoms with Gasteiger partial charge in [0.2, 0.25) is 0 Å². The average molecular weight is 208 g/mol. The van der Waals surface area contributed by atoms with Crippen LogP contribution in [0.2, 0.25) is 0 Å². The van der Waals surface area contributed by atoms with Crippen LogP contribution in [0.1, 0.15) is 24.4 Å².